The molecule has 2 atom stereocenters. The number of allylic oxidation sites excluding steroid dienone is 1. The summed E-state index contributed by atoms with van der Waals surface area (Å²) < 4.78 is 22.4. The minimum absolute atomic E-state index is 0.139. The third-order valence-electron chi connectivity index (χ3n) is 6.26. The minimum atomic E-state index is -1.13. The van der Waals surface area contributed by atoms with Gasteiger partial charge in [-0.2, -0.15) is 5.10 Å². The molecular weight excluding hydrogens is 540 g/mol. The van der Waals surface area contributed by atoms with E-state index in [4.69, 9.17) is 18.9 Å². The van der Waals surface area contributed by atoms with Gasteiger partial charge >= 0.3 is 12.0 Å². The van der Waals surface area contributed by atoms with Gasteiger partial charge in [-0.3, -0.25) is 5.43 Å². The molecule has 0 saturated carbocycles. The fourth-order valence-electron chi connectivity index (χ4n) is 4.27. The monoisotopic (exact) mass is 574 g/mol. The molecule has 1 heterocycles. The summed E-state index contributed by atoms with van der Waals surface area (Å²) in [6.45, 7) is 4.07. The molecule has 4 N–H and O–H groups in total. The topological polar surface area (TPSA) is 140 Å². The van der Waals surface area contributed by atoms with Crippen molar-refractivity contribution < 1.29 is 33.6 Å². The van der Waals surface area contributed by atoms with Gasteiger partial charge in [-0.25, -0.2) is 9.59 Å². The van der Waals surface area contributed by atoms with Gasteiger partial charge in [0.2, 0.25) is 0 Å². The number of esters is 1. The van der Waals surface area contributed by atoms with E-state index in [0.717, 1.165) is 11.1 Å². The van der Waals surface area contributed by atoms with E-state index in [2.05, 4.69) is 21.2 Å². The molecule has 0 fully saturated rings. The zero-order valence-electron chi connectivity index (χ0n) is 23.6. The molecule has 2 amide bonds. The predicted molar refractivity (Wildman–Crippen MR) is 156 cm³/mol. The number of urea groups is 1. The molecule has 0 saturated heterocycles. The Morgan fingerprint density at radius 3 is 2.55 bits per heavy atom. The van der Waals surface area contributed by atoms with Crippen LogP contribution in [-0.4, -0.2) is 49.9 Å². The molecule has 1 aliphatic rings. The van der Waals surface area contributed by atoms with E-state index >= 15 is 0 Å². The van der Waals surface area contributed by atoms with Gasteiger partial charge in [0.1, 0.15) is 19.0 Å². The van der Waals surface area contributed by atoms with Gasteiger partial charge in [-0.15, -0.1) is 0 Å². The first-order valence-corrected chi connectivity index (χ1v) is 13.4. The first-order valence-electron chi connectivity index (χ1n) is 13.4. The summed E-state index contributed by atoms with van der Waals surface area (Å²) in [5.74, 6) is 0.836. The van der Waals surface area contributed by atoms with E-state index < -0.39 is 24.3 Å². The third-order valence-corrected chi connectivity index (χ3v) is 6.26. The molecule has 0 unspecified atom stereocenters. The SMILES string of the molecule is CCOc1cc([C@H]2NC(=O)NC(C)=C2C(=O)OC)ccc1OC[C@@H](O)N/N=C/c1ccccc1OCc1ccccc1. The number of methoxy groups -OCH3 is 1. The Bertz CT molecular complexity index is 1440. The number of amides is 2. The fourth-order valence-corrected chi connectivity index (χ4v) is 4.27. The van der Waals surface area contributed by atoms with Crippen molar-refractivity contribution in [2.75, 3.05) is 20.3 Å². The molecule has 1 aliphatic heterocycles. The van der Waals surface area contributed by atoms with Gasteiger partial charge in [0, 0.05) is 11.3 Å². The van der Waals surface area contributed by atoms with E-state index in [1.807, 2.05) is 61.5 Å². The van der Waals surface area contributed by atoms with Crippen LogP contribution in [-0.2, 0) is 16.1 Å². The van der Waals surface area contributed by atoms with Crippen LogP contribution in [0.5, 0.6) is 17.2 Å². The second-order valence-corrected chi connectivity index (χ2v) is 9.23. The average Bonchev–Trinajstić information content (AvgIpc) is 3.00. The fraction of sp³-hybridized carbons (Fsp3) is 0.258. The van der Waals surface area contributed by atoms with Crippen molar-refractivity contribution in [3.05, 3.63) is 101 Å². The second kappa shape index (κ2) is 14.6. The van der Waals surface area contributed by atoms with Crippen LogP contribution in [0.4, 0.5) is 4.79 Å². The van der Waals surface area contributed by atoms with Crippen LogP contribution in [0.3, 0.4) is 0 Å². The lowest BCUT2D eigenvalue weighted by Crippen LogP contribution is -2.45. The number of ether oxygens (including phenoxy) is 4. The zero-order valence-corrected chi connectivity index (χ0v) is 23.6. The standard InChI is InChI=1S/C31H34N4O7/c1-4-40-26-16-22(29-28(30(37)39-3)20(2)33-31(38)34-29)14-15-25(26)42-19-27(36)35-32-17-23-12-8-9-13-24(23)41-18-21-10-6-5-7-11-21/h5-17,27,29,35-36H,4,18-19H2,1-3H3,(H2,33,34,38)/b32-17+/t27-,29-/m1/s1. The van der Waals surface area contributed by atoms with Crippen LogP contribution < -0.4 is 30.3 Å². The van der Waals surface area contributed by atoms with Gasteiger partial charge in [-0.1, -0.05) is 48.5 Å². The smallest absolute Gasteiger partial charge is 0.337 e. The Balaban J connectivity index is 1.39. The number of benzene rings is 3. The number of carbonyl (C=O) groups excluding carboxylic acids is 2. The van der Waals surface area contributed by atoms with E-state index in [-0.39, 0.29) is 12.2 Å². The van der Waals surface area contributed by atoms with Crippen molar-refractivity contribution in [1.82, 2.24) is 16.1 Å². The molecule has 0 bridgehead atoms. The highest BCUT2D eigenvalue weighted by Crippen LogP contribution is 2.35. The molecule has 220 valence electrons. The number of hydrogen-bond donors (Lipinski definition) is 4. The summed E-state index contributed by atoms with van der Waals surface area (Å²) in [5.41, 5.74) is 5.70. The van der Waals surface area contributed by atoms with Gasteiger partial charge in [-0.05, 0) is 49.2 Å². The van der Waals surface area contributed by atoms with E-state index in [1.165, 1.54) is 7.11 Å². The Morgan fingerprint density at radius 2 is 1.79 bits per heavy atom. The Kier molecular flexibility index (Phi) is 10.4. The maximum Gasteiger partial charge on any atom is 0.337 e. The van der Waals surface area contributed by atoms with Crippen LogP contribution in [0, 0.1) is 0 Å². The molecule has 4 rings (SSSR count). The summed E-state index contributed by atoms with van der Waals surface area (Å²) in [6.07, 6.45) is 0.430. The van der Waals surface area contributed by atoms with Gasteiger partial charge in [0.15, 0.2) is 17.7 Å². The number of nitrogens with one attached hydrogen (secondary N) is 3. The van der Waals surface area contributed by atoms with Crippen molar-refractivity contribution in [2.45, 2.75) is 32.7 Å². The number of rotatable bonds is 13. The van der Waals surface area contributed by atoms with Crippen molar-refractivity contribution in [3.63, 3.8) is 0 Å². The number of hydrogen-bond acceptors (Lipinski definition) is 9. The molecule has 11 heteroatoms. The molecule has 3 aromatic rings. The molecule has 3 aromatic carbocycles. The average molecular weight is 575 g/mol. The molecule has 11 nitrogen and oxygen atoms in total. The van der Waals surface area contributed by atoms with E-state index in [0.29, 0.717) is 41.7 Å². The molecule has 0 spiro atoms. The minimum Gasteiger partial charge on any atom is -0.490 e. The first-order chi connectivity index (χ1) is 20.4. The van der Waals surface area contributed by atoms with Crippen molar-refractivity contribution >= 4 is 18.2 Å². The second-order valence-electron chi connectivity index (χ2n) is 9.23. The summed E-state index contributed by atoms with van der Waals surface area (Å²) in [7, 11) is 1.28. The third kappa shape index (κ3) is 7.79. The van der Waals surface area contributed by atoms with Crippen LogP contribution in [0.25, 0.3) is 0 Å². The summed E-state index contributed by atoms with van der Waals surface area (Å²) in [5, 5.41) is 19.9. The van der Waals surface area contributed by atoms with Crippen LogP contribution in [0.1, 0.15) is 36.6 Å². The normalized spacial score (nSPS) is 15.4. The number of aliphatic hydroxyl groups is 1. The maximum atomic E-state index is 12.4. The molecule has 0 aliphatic carbocycles. The zero-order chi connectivity index (χ0) is 29.9. The highest BCUT2D eigenvalue weighted by Gasteiger charge is 2.32. The summed E-state index contributed by atoms with van der Waals surface area (Å²) in [6, 6.07) is 21.1. The molecule has 0 aromatic heterocycles. The summed E-state index contributed by atoms with van der Waals surface area (Å²) in [4.78, 5) is 24.6. The Morgan fingerprint density at radius 1 is 1.02 bits per heavy atom. The largest absolute Gasteiger partial charge is 0.490 e. The lowest BCUT2D eigenvalue weighted by Gasteiger charge is -2.28. The molecule has 42 heavy (non-hydrogen) atoms. The van der Waals surface area contributed by atoms with Gasteiger partial charge in [0.05, 0.1) is 31.5 Å². The van der Waals surface area contributed by atoms with Crippen molar-refractivity contribution in [2.24, 2.45) is 5.10 Å². The van der Waals surface area contributed by atoms with Crippen molar-refractivity contribution in [3.8, 4) is 17.2 Å². The van der Waals surface area contributed by atoms with Crippen molar-refractivity contribution in [1.29, 1.82) is 0 Å². The van der Waals surface area contributed by atoms with Crippen LogP contribution in [0.2, 0.25) is 0 Å². The van der Waals surface area contributed by atoms with Crippen LogP contribution in [0.15, 0.2) is 89.2 Å². The quantitative estimate of drug-likeness (QED) is 0.105. The van der Waals surface area contributed by atoms with E-state index in [1.54, 1.807) is 31.3 Å². The Labute approximate surface area is 244 Å². The van der Waals surface area contributed by atoms with Gasteiger partial charge in [0.25, 0.3) is 0 Å². The molecule has 0 radical (unpaired) electrons. The number of nitrogens with zero attached hydrogens (tertiary/aromatic N) is 1. The Hall–Kier alpha value is -5.03. The van der Waals surface area contributed by atoms with Crippen LogP contribution >= 0.6 is 0 Å². The number of para-hydroxylation sites is 1. The number of carbonyl (C=O) groups is 2. The molecular formula is C31H34N4O7. The number of hydrazone groups is 1. The van der Waals surface area contributed by atoms with E-state index in [9.17, 15) is 14.7 Å². The number of aliphatic hydroxyl groups excluding tert-OH is 1. The first kappa shape index (κ1) is 29.9. The lowest BCUT2D eigenvalue weighted by atomic mass is 9.95. The summed E-state index contributed by atoms with van der Waals surface area (Å²) >= 11 is 0. The predicted octanol–water partition coefficient (Wildman–Crippen LogP) is 3.79. The highest BCUT2D eigenvalue weighted by atomic mass is 16.5. The van der Waals surface area contributed by atoms with Gasteiger partial charge < -0.3 is 34.7 Å². The highest BCUT2D eigenvalue weighted by molar-refractivity contribution is 5.95. The lowest BCUT2D eigenvalue weighted by molar-refractivity contribution is -0.136. The maximum absolute atomic E-state index is 12.4.